The number of primary amides is 1. The summed E-state index contributed by atoms with van der Waals surface area (Å²) in [6, 6.07) is 0. The van der Waals surface area contributed by atoms with E-state index in [1.165, 1.54) is 19.3 Å². The Bertz CT molecular complexity index is 330. The molecule has 20 heavy (non-hydrogen) atoms. The number of amides is 1. The van der Waals surface area contributed by atoms with Crippen molar-refractivity contribution in [2.75, 3.05) is 32.7 Å². The molecule has 0 unspecified atom stereocenters. The summed E-state index contributed by atoms with van der Waals surface area (Å²) >= 11 is 0. The number of carbonyl (C=O) groups is 1. The molecule has 4 nitrogen and oxygen atoms in total. The highest BCUT2D eigenvalue weighted by Crippen LogP contribution is 2.17. The van der Waals surface area contributed by atoms with Gasteiger partial charge in [0.25, 0.3) is 0 Å². The van der Waals surface area contributed by atoms with Gasteiger partial charge in [-0.05, 0) is 70.6 Å². The molecule has 0 aromatic rings. The number of nitrogens with two attached hydrogens (primary N) is 1. The number of hydrogen-bond acceptors (Lipinski definition) is 3. The van der Waals surface area contributed by atoms with Crippen LogP contribution in [0, 0.1) is 11.8 Å². The molecule has 0 radical (unpaired) electrons. The molecular formula is C16H29N3O. The number of carbonyl (C=O) groups excluding carboxylic acids is 1. The maximum absolute atomic E-state index is 11.2. The molecule has 1 saturated heterocycles. The van der Waals surface area contributed by atoms with Crippen molar-refractivity contribution in [1.82, 2.24) is 10.2 Å². The summed E-state index contributed by atoms with van der Waals surface area (Å²) in [7, 11) is 0. The average Bonchev–Trinajstić information content (AvgIpc) is 2.48. The van der Waals surface area contributed by atoms with E-state index in [0.717, 1.165) is 57.9 Å². The third-order valence-corrected chi connectivity index (χ3v) is 4.55. The average molecular weight is 279 g/mol. The molecule has 1 aliphatic heterocycles. The first-order valence-corrected chi connectivity index (χ1v) is 8.13. The zero-order valence-corrected chi connectivity index (χ0v) is 12.5. The zero-order chi connectivity index (χ0) is 14.2. The molecule has 0 saturated carbocycles. The van der Waals surface area contributed by atoms with Gasteiger partial charge in [-0.25, -0.2) is 0 Å². The van der Waals surface area contributed by atoms with Gasteiger partial charge in [0.15, 0.2) is 0 Å². The maximum Gasteiger partial charge on any atom is 0.221 e. The first-order valence-electron chi connectivity index (χ1n) is 8.13. The highest BCUT2D eigenvalue weighted by molar-refractivity contribution is 5.76. The monoisotopic (exact) mass is 279 g/mol. The summed E-state index contributed by atoms with van der Waals surface area (Å²) < 4.78 is 0. The first-order chi connectivity index (χ1) is 9.75. The van der Waals surface area contributed by atoms with Gasteiger partial charge in [0.2, 0.25) is 5.91 Å². The van der Waals surface area contributed by atoms with Crippen LogP contribution in [0.5, 0.6) is 0 Å². The van der Waals surface area contributed by atoms with Gasteiger partial charge in [0.1, 0.15) is 0 Å². The Morgan fingerprint density at radius 3 is 3.00 bits per heavy atom. The first kappa shape index (κ1) is 15.5. The Morgan fingerprint density at radius 1 is 1.35 bits per heavy atom. The lowest BCUT2D eigenvalue weighted by atomic mass is 9.94. The van der Waals surface area contributed by atoms with E-state index < -0.39 is 0 Å². The fraction of sp³-hybridized carbons (Fsp3) is 0.812. The van der Waals surface area contributed by atoms with E-state index >= 15 is 0 Å². The number of rotatable bonds is 7. The fourth-order valence-corrected chi connectivity index (χ4v) is 3.27. The van der Waals surface area contributed by atoms with Crippen molar-refractivity contribution in [2.45, 2.75) is 38.5 Å². The van der Waals surface area contributed by atoms with E-state index in [-0.39, 0.29) is 11.8 Å². The third-order valence-electron chi connectivity index (χ3n) is 4.55. The second-order valence-electron chi connectivity index (χ2n) is 6.25. The topological polar surface area (TPSA) is 58.4 Å². The summed E-state index contributed by atoms with van der Waals surface area (Å²) in [6.45, 7) is 5.30. The van der Waals surface area contributed by atoms with Crippen molar-refractivity contribution in [1.29, 1.82) is 0 Å². The Balaban J connectivity index is 1.52. The number of hydrogen-bond donors (Lipinski definition) is 2. The minimum Gasteiger partial charge on any atom is -0.369 e. The standard InChI is InChI=1S/C16H29N3O/c17-16(20)15-8-4-10-19(13-15)11-5-9-18-12-14-6-2-1-3-7-14/h1-2,14-15,18H,3-13H2,(H2,17,20)/t14-,15-/m0/s1. The van der Waals surface area contributed by atoms with E-state index in [4.69, 9.17) is 5.73 Å². The van der Waals surface area contributed by atoms with Gasteiger partial charge in [-0.15, -0.1) is 0 Å². The predicted octanol–water partition coefficient (Wildman–Crippen LogP) is 1.52. The Morgan fingerprint density at radius 2 is 2.25 bits per heavy atom. The normalized spacial score (nSPS) is 27.6. The van der Waals surface area contributed by atoms with Crippen LogP contribution < -0.4 is 11.1 Å². The van der Waals surface area contributed by atoms with Gasteiger partial charge in [-0.2, -0.15) is 0 Å². The van der Waals surface area contributed by atoms with Gasteiger partial charge < -0.3 is 16.0 Å². The molecule has 2 aliphatic rings. The molecule has 0 bridgehead atoms. The van der Waals surface area contributed by atoms with Crippen LogP contribution in [-0.2, 0) is 4.79 Å². The fourth-order valence-electron chi connectivity index (χ4n) is 3.27. The maximum atomic E-state index is 11.2. The lowest BCUT2D eigenvalue weighted by Crippen LogP contribution is -2.42. The number of nitrogens with zero attached hydrogens (tertiary/aromatic N) is 1. The summed E-state index contributed by atoms with van der Waals surface area (Å²) in [5.41, 5.74) is 5.40. The van der Waals surface area contributed by atoms with Crippen LogP contribution in [0.4, 0.5) is 0 Å². The molecule has 0 spiro atoms. The molecule has 1 amide bonds. The van der Waals surface area contributed by atoms with Crippen molar-refractivity contribution in [3.05, 3.63) is 12.2 Å². The third kappa shape index (κ3) is 5.25. The second kappa shape index (κ2) is 8.42. The van der Waals surface area contributed by atoms with Crippen LogP contribution in [0.25, 0.3) is 0 Å². The highest BCUT2D eigenvalue weighted by Gasteiger charge is 2.23. The van der Waals surface area contributed by atoms with Gasteiger partial charge in [0.05, 0.1) is 5.92 Å². The van der Waals surface area contributed by atoms with E-state index in [9.17, 15) is 4.79 Å². The van der Waals surface area contributed by atoms with Crippen LogP contribution in [0.3, 0.4) is 0 Å². The molecule has 0 aromatic heterocycles. The van der Waals surface area contributed by atoms with Crippen LogP contribution in [0.15, 0.2) is 12.2 Å². The Kier molecular flexibility index (Phi) is 6.54. The lowest BCUT2D eigenvalue weighted by Gasteiger charge is -2.31. The van der Waals surface area contributed by atoms with Crippen LogP contribution >= 0.6 is 0 Å². The zero-order valence-electron chi connectivity index (χ0n) is 12.5. The van der Waals surface area contributed by atoms with Gasteiger partial charge in [-0.1, -0.05) is 12.2 Å². The van der Waals surface area contributed by atoms with Crippen molar-refractivity contribution in [2.24, 2.45) is 17.6 Å². The van der Waals surface area contributed by atoms with Gasteiger partial charge in [0, 0.05) is 6.54 Å². The lowest BCUT2D eigenvalue weighted by molar-refractivity contribution is -0.123. The SMILES string of the molecule is NC(=O)[C@H]1CCCN(CCCNC[C@H]2CC=CCC2)C1. The molecule has 2 rings (SSSR count). The largest absolute Gasteiger partial charge is 0.369 e. The number of likely N-dealkylation sites (tertiary alicyclic amines) is 1. The second-order valence-corrected chi connectivity index (χ2v) is 6.25. The molecule has 1 heterocycles. The molecule has 2 atom stereocenters. The summed E-state index contributed by atoms with van der Waals surface area (Å²) in [5.74, 6) is 0.776. The van der Waals surface area contributed by atoms with E-state index in [0.29, 0.717) is 0 Å². The van der Waals surface area contributed by atoms with Crippen LogP contribution in [0.1, 0.15) is 38.5 Å². The van der Waals surface area contributed by atoms with Crippen molar-refractivity contribution >= 4 is 5.91 Å². The Labute approximate surface area is 122 Å². The molecular weight excluding hydrogens is 250 g/mol. The summed E-state index contributed by atoms with van der Waals surface area (Å²) in [4.78, 5) is 13.6. The van der Waals surface area contributed by atoms with Crippen molar-refractivity contribution in [3.8, 4) is 0 Å². The molecule has 1 fully saturated rings. The van der Waals surface area contributed by atoms with Gasteiger partial charge >= 0.3 is 0 Å². The predicted molar refractivity (Wildman–Crippen MR) is 82.3 cm³/mol. The smallest absolute Gasteiger partial charge is 0.221 e. The van der Waals surface area contributed by atoms with E-state index in [1.807, 2.05) is 0 Å². The molecule has 1 aliphatic carbocycles. The highest BCUT2D eigenvalue weighted by atomic mass is 16.1. The van der Waals surface area contributed by atoms with Gasteiger partial charge in [-0.3, -0.25) is 4.79 Å². The molecule has 3 N–H and O–H groups in total. The van der Waals surface area contributed by atoms with Crippen molar-refractivity contribution in [3.63, 3.8) is 0 Å². The van der Waals surface area contributed by atoms with Crippen LogP contribution in [-0.4, -0.2) is 43.5 Å². The van der Waals surface area contributed by atoms with E-state index in [1.54, 1.807) is 0 Å². The Hall–Kier alpha value is -0.870. The number of nitrogens with one attached hydrogen (secondary N) is 1. The van der Waals surface area contributed by atoms with Crippen molar-refractivity contribution < 1.29 is 4.79 Å². The van der Waals surface area contributed by atoms with E-state index in [2.05, 4.69) is 22.4 Å². The molecule has 0 aromatic carbocycles. The summed E-state index contributed by atoms with van der Waals surface area (Å²) in [5, 5.41) is 3.58. The summed E-state index contributed by atoms with van der Waals surface area (Å²) in [6.07, 6.45) is 11.7. The minimum atomic E-state index is -0.127. The number of allylic oxidation sites excluding steroid dienone is 2. The molecule has 114 valence electrons. The number of piperidine rings is 1. The molecule has 4 heteroatoms. The minimum absolute atomic E-state index is 0.0748. The quantitative estimate of drug-likeness (QED) is 0.549. The van der Waals surface area contributed by atoms with Crippen LogP contribution in [0.2, 0.25) is 0 Å².